The Hall–Kier alpha value is -3.61. The molecule has 0 radical (unpaired) electrons. The van der Waals surface area contributed by atoms with Gasteiger partial charge in [0, 0.05) is 12.8 Å². The van der Waals surface area contributed by atoms with Gasteiger partial charge in [-0.15, -0.1) is 0 Å². The van der Waals surface area contributed by atoms with Crippen molar-refractivity contribution in [2.24, 2.45) is 11.5 Å². The number of hydrogen-bond acceptors (Lipinski definition) is 8. The molecule has 0 aliphatic heterocycles. The van der Waals surface area contributed by atoms with Gasteiger partial charge in [-0.25, -0.2) is 4.79 Å². The lowest BCUT2D eigenvalue weighted by atomic mass is 10.0. The highest BCUT2D eigenvalue weighted by Crippen LogP contribution is 2.13. The van der Waals surface area contributed by atoms with Gasteiger partial charge in [0.25, 0.3) is 0 Å². The molecule has 2 rings (SSSR count). The van der Waals surface area contributed by atoms with E-state index in [2.05, 4.69) is 16.0 Å². The van der Waals surface area contributed by atoms with Gasteiger partial charge in [0.15, 0.2) is 0 Å². The molecule has 0 aliphatic carbocycles. The van der Waals surface area contributed by atoms with E-state index < -0.39 is 47.9 Å². The van der Waals surface area contributed by atoms with Crippen LogP contribution in [0.3, 0.4) is 0 Å². The number of aromatic hydroxyl groups is 1. The van der Waals surface area contributed by atoms with Crippen molar-refractivity contribution in [3.8, 4) is 5.75 Å². The molecule has 224 valence electrons. The fourth-order valence-electron chi connectivity index (χ4n) is 4.09. The predicted octanol–water partition coefficient (Wildman–Crippen LogP) is 0.926. The van der Waals surface area contributed by atoms with Crippen molar-refractivity contribution in [2.75, 3.05) is 18.6 Å². The van der Waals surface area contributed by atoms with E-state index in [1.807, 2.05) is 36.6 Å². The first-order chi connectivity index (χ1) is 19.6. The second-order valence-corrected chi connectivity index (χ2v) is 10.7. The highest BCUT2D eigenvalue weighted by Gasteiger charge is 2.30. The molecule has 0 aliphatic rings. The summed E-state index contributed by atoms with van der Waals surface area (Å²) < 4.78 is 0. The number of carboxylic acid groups (broad SMARTS) is 1. The fraction of sp³-hybridized carbons (Fsp3) is 0.448. The van der Waals surface area contributed by atoms with Gasteiger partial charge in [-0.3, -0.25) is 14.4 Å². The van der Waals surface area contributed by atoms with Crippen LogP contribution in [0.1, 0.15) is 36.8 Å². The Morgan fingerprint density at radius 1 is 0.780 bits per heavy atom. The Morgan fingerprint density at radius 2 is 1.32 bits per heavy atom. The number of benzene rings is 2. The molecule has 11 nitrogen and oxygen atoms in total. The molecule has 0 heterocycles. The summed E-state index contributed by atoms with van der Waals surface area (Å²) in [5, 5.41) is 27.3. The van der Waals surface area contributed by atoms with Crippen molar-refractivity contribution < 1.29 is 29.4 Å². The van der Waals surface area contributed by atoms with E-state index >= 15 is 0 Å². The largest absolute Gasteiger partial charge is 0.508 e. The van der Waals surface area contributed by atoms with Crippen molar-refractivity contribution in [3.05, 3.63) is 65.7 Å². The highest BCUT2D eigenvalue weighted by atomic mass is 32.2. The molecule has 4 unspecified atom stereocenters. The number of nitrogens with one attached hydrogen (secondary N) is 3. The maximum Gasteiger partial charge on any atom is 0.326 e. The summed E-state index contributed by atoms with van der Waals surface area (Å²) >= 11 is 1.55. The van der Waals surface area contributed by atoms with Crippen LogP contribution in [0.2, 0.25) is 0 Å². The van der Waals surface area contributed by atoms with Gasteiger partial charge in [-0.2, -0.15) is 11.8 Å². The monoisotopic (exact) mass is 587 g/mol. The Morgan fingerprint density at radius 3 is 1.85 bits per heavy atom. The van der Waals surface area contributed by atoms with Crippen molar-refractivity contribution in [1.29, 1.82) is 0 Å². The molecule has 0 saturated heterocycles. The molecule has 41 heavy (non-hydrogen) atoms. The van der Waals surface area contributed by atoms with Crippen LogP contribution in [0.25, 0.3) is 0 Å². The first-order valence-corrected chi connectivity index (χ1v) is 14.9. The van der Waals surface area contributed by atoms with Gasteiger partial charge >= 0.3 is 5.97 Å². The van der Waals surface area contributed by atoms with Gasteiger partial charge in [-0.1, -0.05) is 42.5 Å². The van der Waals surface area contributed by atoms with Crippen LogP contribution >= 0.6 is 11.8 Å². The van der Waals surface area contributed by atoms with Crippen LogP contribution in [0, 0.1) is 0 Å². The maximum absolute atomic E-state index is 13.6. The summed E-state index contributed by atoms with van der Waals surface area (Å²) in [6.45, 7) is 0.398. The van der Waals surface area contributed by atoms with Gasteiger partial charge in [0.2, 0.25) is 17.7 Å². The van der Waals surface area contributed by atoms with Gasteiger partial charge in [0.1, 0.15) is 23.9 Å². The Bertz CT molecular complexity index is 1120. The van der Waals surface area contributed by atoms with Crippen LogP contribution in [0.15, 0.2) is 54.6 Å². The van der Waals surface area contributed by atoms with Crippen LogP contribution in [0.4, 0.5) is 0 Å². The van der Waals surface area contributed by atoms with E-state index in [0.29, 0.717) is 37.1 Å². The topological polar surface area (TPSA) is 197 Å². The number of aliphatic carboxylic acids is 1. The number of carbonyl (C=O) groups excluding carboxylic acids is 3. The minimum Gasteiger partial charge on any atom is -0.508 e. The van der Waals surface area contributed by atoms with Gasteiger partial charge < -0.3 is 37.6 Å². The van der Waals surface area contributed by atoms with E-state index in [0.717, 1.165) is 5.56 Å². The number of carboxylic acids is 1. The number of phenolic OH excluding ortho intramolecular Hbond substituents is 1. The van der Waals surface area contributed by atoms with Crippen LogP contribution in [0.5, 0.6) is 5.75 Å². The third kappa shape index (κ3) is 12.2. The summed E-state index contributed by atoms with van der Waals surface area (Å²) in [6, 6.07) is 11.0. The standard InChI is InChI=1S/C29H41N5O6S/c1-41-16-14-22(31)26(36)33-24(17-19-7-3-2-4-8-19)28(38)34-25(18-20-10-12-21(35)13-11-20)27(37)32-23(29(39)40)9-5-6-15-30/h2-4,7-8,10-13,22-25,35H,5-6,9,14-18,30-31H2,1H3,(H,32,37)(H,33,36)(H,34,38)(H,39,40). The maximum atomic E-state index is 13.6. The number of nitrogens with two attached hydrogens (primary N) is 2. The number of phenols is 1. The molecule has 9 N–H and O–H groups in total. The quantitative estimate of drug-likeness (QED) is 0.124. The third-order valence-electron chi connectivity index (χ3n) is 6.46. The molecule has 3 amide bonds. The minimum atomic E-state index is -1.20. The first-order valence-electron chi connectivity index (χ1n) is 13.5. The minimum absolute atomic E-state index is 0.0201. The summed E-state index contributed by atoms with van der Waals surface area (Å²) in [7, 11) is 0. The van der Waals surface area contributed by atoms with E-state index in [-0.39, 0.29) is 25.0 Å². The second kappa shape index (κ2) is 17.9. The zero-order valence-electron chi connectivity index (χ0n) is 23.3. The molecule has 0 spiro atoms. The molecule has 2 aromatic rings. The normalized spacial score (nSPS) is 13.8. The molecule has 0 bridgehead atoms. The lowest BCUT2D eigenvalue weighted by molar-refractivity contribution is -0.142. The van der Waals surface area contributed by atoms with Crippen LogP contribution in [-0.4, -0.2) is 76.6 Å². The average molecular weight is 588 g/mol. The van der Waals surface area contributed by atoms with E-state index in [1.54, 1.807) is 23.9 Å². The summed E-state index contributed by atoms with van der Waals surface area (Å²) in [6.07, 6.45) is 3.79. The highest BCUT2D eigenvalue weighted by molar-refractivity contribution is 7.98. The summed E-state index contributed by atoms with van der Waals surface area (Å²) in [4.78, 5) is 51.6. The van der Waals surface area contributed by atoms with Gasteiger partial charge in [0.05, 0.1) is 6.04 Å². The molecule has 0 saturated carbocycles. The number of amides is 3. The average Bonchev–Trinajstić information content (AvgIpc) is 2.96. The SMILES string of the molecule is CSCCC(N)C(=O)NC(Cc1ccccc1)C(=O)NC(Cc1ccc(O)cc1)C(=O)NC(CCCCN)C(=O)O. The fourth-order valence-corrected chi connectivity index (χ4v) is 4.58. The smallest absolute Gasteiger partial charge is 0.326 e. The Balaban J connectivity index is 2.29. The molecular weight excluding hydrogens is 546 g/mol. The number of carbonyl (C=O) groups is 4. The number of hydrogen-bond donors (Lipinski definition) is 7. The molecule has 2 aromatic carbocycles. The lowest BCUT2D eigenvalue weighted by Crippen LogP contribution is -2.58. The van der Waals surface area contributed by atoms with E-state index in [1.165, 1.54) is 12.1 Å². The van der Waals surface area contributed by atoms with Crippen molar-refractivity contribution in [2.45, 2.75) is 62.7 Å². The Kier molecular flexibility index (Phi) is 14.7. The van der Waals surface area contributed by atoms with Crippen molar-refractivity contribution in [1.82, 2.24) is 16.0 Å². The first kappa shape index (κ1) is 33.6. The molecule has 4 atom stereocenters. The Labute approximate surface area is 244 Å². The van der Waals surface area contributed by atoms with Crippen molar-refractivity contribution in [3.63, 3.8) is 0 Å². The number of unbranched alkanes of at least 4 members (excludes halogenated alkanes) is 1. The third-order valence-corrected chi connectivity index (χ3v) is 7.10. The molecule has 0 fully saturated rings. The van der Waals surface area contributed by atoms with E-state index in [9.17, 15) is 29.4 Å². The summed E-state index contributed by atoms with van der Waals surface area (Å²) in [5.41, 5.74) is 13.0. The lowest BCUT2D eigenvalue weighted by Gasteiger charge is -2.25. The van der Waals surface area contributed by atoms with E-state index in [4.69, 9.17) is 11.5 Å². The zero-order chi connectivity index (χ0) is 30.2. The van der Waals surface area contributed by atoms with Crippen molar-refractivity contribution >= 4 is 35.5 Å². The van der Waals surface area contributed by atoms with Crippen LogP contribution in [-0.2, 0) is 32.0 Å². The summed E-state index contributed by atoms with van der Waals surface area (Å²) in [5.74, 6) is -2.27. The zero-order valence-corrected chi connectivity index (χ0v) is 24.1. The number of rotatable bonds is 18. The molecule has 0 aromatic heterocycles. The van der Waals surface area contributed by atoms with Gasteiger partial charge in [-0.05, 0) is 67.5 Å². The molecular formula is C29H41N5O6S. The predicted molar refractivity (Wildman–Crippen MR) is 159 cm³/mol. The molecule has 12 heteroatoms. The van der Waals surface area contributed by atoms with Crippen LogP contribution < -0.4 is 27.4 Å². The second-order valence-electron chi connectivity index (χ2n) is 9.75. The number of thioether (sulfide) groups is 1.